The summed E-state index contributed by atoms with van der Waals surface area (Å²) in [6.45, 7) is 0. The van der Waals surface area contributed by atoms with Crippen molar-refractivity contribution in [1.29, 1.82) is 0 Å². The Morgan fingerprint density at radius 1 is 0.694 bits per heavy atom. The van der Waals surface area contributed by atoms with E-state index in [1.165, 1.54) is 23.5 Å². The highest BCUT2D eigenvalue weighted by atomic mass is 79.9. The Morgan fingerprint density at radius 3 is 1.50 bits per heavy atom. The third-order valence-electron chi connectivity index (χ3n) is 4.52. The van der Waals surface area contributed by atoms with Crippen molar-refractivity contribution in [1.82, 2.24) is 10.9 Å². The normalized spacial score (nSPS) is 11.2. The van der Waals surface area contributed by atoms with E-state index in [0.717, 1.165) is 42.7 Å². The van der Waals surface area contributed by atoms with E-state index >= 15 is 0 Å². The molecule has 0 spiro atoms. The van der Waals surface area contributed by atoms with E-state index in [-0.39, 0.29) is 11.8 Å². The third kappa shape index (κ3) is 11.1. The zero-order valence-electron chi connectivity index (χ0n) is 19.2. The molecule has 0 radical (unpaired) electrons. The summed E-state index contributed by atoms with van der Waals surface area (Å²) in [4.78, 5) is 23.9. The van der Waals surface area contributed by atoms with Gasteiger partial charge < -0.3 is 0 Å². The van der Waals surface area contributed by atoms with Gasteiger partial charge in [0.2, 0.25) is 11.8 Å². The van der Waals surface area contributed by atoms with Crippen LogP contribution in [0.25, 0.3) is 0 Å². The summed E-state index contributed by atoms with van der Waals surface area (Å²) in [6, 6.07) is 23.5. The number of nitrogens with one attached hydrogen (secondary N) is 2. The van der Waals surface area contributed by atoms with Crippen molar-refractivity contribution in [2.24, 2.45) is 10.2 Å². The second-order valence-corrected chi connectivity index (χ2v) is 11.3. The molecule has 0 atom stereocenters. The van der Waals surface area contributed by atoms with Gasteiger partial charge in [-0.2, -0.15) is 10.2 Å². The number of nitrogens with zero attached hydrogens (tertiary/aromatic N) is 2. The van der Waals surface area contributed by atoms with Crippen molar-refractivity contribution in [2.75, 3.05) is 11.5 Å². The number of carbonyl (C=O) groups is 2. The lowest BCUT2D eigenvalue weighted by Crippen LogP contribution is -2.19. The largest absolute Gasteiger partial charge is 0.272 e. The average molecular weight is 648 g/mol. The molecule has 6 nitrogen and oxygen atoms in total. The summed E-state index contributed by atoms with van der Waals surface area (Å²) in [5, 5.41) is 8.02. The number of hydrazone groups is 2. The Labute approximate surface area is 236 Å². The van der Waals surface area contributed by atoms with Crippen LogP contribution < -0.4 is 10.9 Å². The lowest BCUT2D eigenvalue weighted by molar-refractivity contribution is -0.119. The second kappa shape index (κ2) is 15.7. The van der Waals surface area contributed by atoms with Crippen molar-refractivity contribution in [3.05, 3.63) is 104 Å². The standard InChI is InChI=1S/C26H24Br2N4O2S2/c27-23-5-1-3-21(11-23)15-35-17-25(33)31-29-13-19-7-9-20(10-8-19)14-30-32-26(34)18-36-16-22-4-2-6-24(28)12-22/h1-14H,15-18H2,(H,31,33)(H,32,34)/b29-13-,30-14-. The molecule has 3 rings (SSSR count). The Morgan fingerprint density at radius 2 is 1.11 bits per heavy atom. The van der Waals surface area contributed by atoms with Gasteiger partial charge in [-0.25, -0.2) is 10.9 Å². The lowest BCUT2D eigenvalue weighted by atomic mass is 10.2. The molecule has 0 saturated heterocycles. The van der Waals surface area contributed by atoms with Crippen LogP contribution in [-0.2, 0) is 21.1 Å². The molecule has 0 aliphatic carbocycles. The zero-order valence-corrected chi connectivity index (χ0v) is 24.0. The minimum atomic E-state index is -0.152. The first-order valence-electron chi connectivity index (χ1n) is 10.9. The van der Waals surface area contributed by atoms with Crippen molar-refractivity contribution in [3.63, 3.8) is 0 Å². The first-order chi connectivity index (χ1) is 17.5. The second-order valence-electron chi connectivity index (χ2n) is 7.50. The highest BCUT2D eigenvalue weighted by Crippen LogP contribution is 2.17. The molecule has 3 aromatic carbocycles. The molecule has 2 N–H and O–H groups in total. The summed E-state index contributed by atoms with van der Waals surface area (Å²) in [5.74, 6) is 1.86. The molecule has 0 saturated carbocycles. The average Bonchev–Trinajstić information content (AvgIpc) is 2.85. The smallest absolute Gasteiger partial charge is 0.250 e. The lowest BCUT2D eigenvalue weighted by Gasteiger charge is -2.02. The molecule has 0 aliphatic rings. The molecule has 0 unspecified atom stereocenters. The van der Waals surface area contributed by atoms with E-state index in [1.807, 2.05) is 72.8 Å². The minimum Gasteiger partial charge on any atom is -0.272 e. The maximum absolute atomic E-state index is 12.0. The maximum atomic E-state index is 12.0. The fourth-order valence-corrected chi connectivity index (χ4v) is 5.29. The van der Waals surface area contributed by atoms with Crippen molar-refractivity contribution in [2.45, 2.75) is 11.5 Å². The maximum Gasteiger partial charge on any atom is 0.250 e. The molecule has 2 amide bonds. The summed E-state index contributed by atoms with van der Waals surface area (Å²) < 4.78 is 2.05. The van der Waals surface area contributed by atoms with E-state index in [4.69, 9.17) is 0 Å². The number of hydrogen-bond donors (Lipinski definition) is 2. The third-order valence-corrected chi connectivity index (χ3v) is 7.52. The van der Waals surface area contributed by atoms with Gasteiger partial charge >= 0.3 is 0 Å². The Bertz CT molecular complexity index is 1130. The highest BCUT2D eigenvalue weighted by Gasteiger charge is 2.02. The van der Waals surface area contributed by atoms with Gasteiger partial charge in [-0.1, -0.05) is 80.4 Å². The van der Waals surface area contributed by atoms with Crippen LogP contribution in [-0.4, -0.2) is 35.7 Å². The quantitative estimate of drug-likeness (QED) is 0.187. The predicted octanol–water partition coefficient (Wildman–Crippen LogP) is 5.98. The monoisotopic (exact) mass is 646 g/mol. The Balaban J connectivity index is 1.32. The van der Waals surface area contributed by atoms with E-state index in [9.17, 15) is 9.59 Å². The van der Waals surface area contributed by atoms with Crippen LogP contribution in [0, 0.1) is 0 Å². The van der Waals surface area contributed by atoms with Crippen molar-refractivity contribution < 1.29 is 9.59 Å². The Hall–Kier alpha value is -2.40. The summed E-state index contributed by atoms with van der Waals surface area (Å²) in [7, 11) is 0. The fraction of sp³-hybridized carbons (Fsp3) is 0.154. The molecule has 0 fully saturated rings. The molecule has 36 heavy (non-hydrogen) atoms. The van der Waals surface area contributed by atoms with Gasteiger partial charge in [0, 0.05) is 20.5 Å². The first kappa shape index (κ1) is 28.2. The van der Waals surface area contributed by atoms with Crippen LogP contribution in [0.3, 0.4) is 0 Å². The predicted molar refractivity (Wildman–Crippen MR) is 159 cm³/mol. The fourth-order valence-electron chi connectivity index (χ4n) is 2.87. The van der Waals surface area contributed by atoms with Crippen molar-refractivity contribution in [3.8, 4) is 0 Å². The van der Waals surface area contributed by atoms with Gasteiger partial charge in [0.15, 0.2) is 0 Å². The summed E-state index contributed by atoms with van der Waals surface area (Å²) in [5.41, 5.74) is 9.07. The molecule has 186 valence electrons. The van der Waals surface area contributed by atoms with Gasteiger partial charge in [0.25, 0.3) is 0 Å². The van der Waals surface area contributed by atoms with Crippen molar-refractivity contribution >= 4 is 79.6 Å². The van der Waals surface area contributed by atoms with Gasteiger partial charge in [0.05, 0.1) is 23.9 Å². The van der Waals surface area contributed by atoms with E-state index < -0.39 is 0 Å². The molecule has 10 heteroatoms. The van der Waals surface area contributed by atoms with Gasteiger partial charge in [0.1, 0.15) is 0 Å². The van der Waals surface area contributed by atoms with Crippen LogP contribution in [0.5, 0.6) is 0 Å². The number of benzene rings is 3. The molecule has 0 aliphatic heterocycles. The number of amides is 2. The number of carbonyl (C=O) groups excluding carboxylic acids is 2. The number of hydrogen-bond acceptors (Lipinski definition) is 6. The molecule has 0 bridgehead atoms. The SMILES string of the molecule is O=C(CSCc1cccc(Br)c1)N/N=C\c1ccc(/C=N\NC(=O)CSCc2cccc(Br)c2)cc1. The van der Waals surface area contributed by atoms with Gasteiger partial charge in [-0.05, 0) is 46.5 Å². The topological polar surface area (TPSA) is 82.9 Å². The molecular formula is C26H24Br2N4O2S2. The van der Waals surface area contributed by atoms with Crippen LogP contribution in [0.2, 0.25) is 0 Å². The minimum absolute atomic E-state index is 0.152. The number of thioether (sulfide) groups is 2. The van der Waals surface area contributed by atoms with E-state index in [2.05, 4.69) is 52.9 Å². The summed E-state index contributed by atoms with van der Waals surface area (Å²) >= 11 is 9.95. The van der Waals surface area contributed by atoms with E-state index in [1.54, 1.807) is 12.4 Å². The highest BCUT2D eigenvalue weighted by molar-refractivity contribution is 9.10. The number of rotatable bonds is 12. The summed E-state index contributed by atoms with van der Waals surface area (Å²) in [6.07, 6.45) is 3.17. The van der Waals surface area contributed by atoms with Gasteiger partial charge in [-0.15, -0.1) is 23.5 Å². The zero-order chi connectivity index (χ0) is 25.6. The molecular weight excluding hydrogens is 624 g/mol. The molecule has 0 aromatic heterocycles. The van der Waals surface area contributed by atoms with Crippen LogP contribution in [0.15, 0.2) is 91.9 Å². The van der Waals surface area contributed by atoms with Gasteiger partial charge in [-0.3, -0.25) is 9.59 Å². The van der Waals surface area contributed by atoms with E-state index in [0.29, 0.717) is 11.5 Å². The molecule has 3 aromatic rings. The number of halogens is 2. The Kier molecular flexibility index (Phi) is 12.3. The first-order valence-corrected chi connectivity index (χ1v) is 14.8. The molecule has 0 heterocycles. The van der Waals surface area contributed by atoms with Crippen LogP contribution in [0.1, 0.15) is 22.3 Å². The van der Waals surface area contributed by atoms with Crippen LogP contribution >= 0.6 is 55.4 Å². The van der Waals surface area contributed by atoms with Crippen LogP contribution in [0.4, 0.5) is 0 Å².